The van der Waals surface area contributed by atoms with Gasteiger partial charge in [0.25, 0.3) is 0 Å². The molecule has 0 aliphatic heterocycles. The van der Waals surface area contributed by atoms with Crippen molar-refractivity contribution in [1.82, 2.24) is 10.3 Å². The second kappa shape index (κ2) is 7.41. The number of benzene rings is 1. The zero-order valence-corrected chi connectivity index (χ0v) is 13.4. The molecular weight excluding hydrogens is 316 g/mol. The van der Waals surface area contributed by atoms with Crippen molar-refractivity contribution in [1.29, 1.82) is 0 Å². The van der Waals surface area contributed by atoms with Gasteiger partial charge in [0.2, 0.25) is 0 Å². The number of ether oxygens (including phenoxy) is 1. The Balaban J connectivity index is 2.07. The number of pyridine rings is 1. The van der Waals surface area contributed by atoms with E-state index in [2.05, 4.69) is 33.2 Å². The second-order valence-corrected chi connectivity index (χ2v) is 5.63. The van der Waals surface area contributed by atoms with Crippen molar-refractivity contribution < 1.29 is 4.74 Å². The molecule has 2 aromatic rings. The van der Waals surface area contributed by atoms with Gasteiger partial charge in [0.05, 0.1) is 6.20 Å². The first-order valence-corrected chi connectivity index (χ1v) is 7.57. The van der Waals surface area contributed by atoms with Crippen molar-refractivity contribution in [3.8, 4) is 11.5 Å². The van der Waals surface area contributed by atoms with E-state index in [4.69, 9.17) is 4.74 Å². The molecule has 1 aromatic carbocycles. The molecule has 0 fully saturated rings. The van der Waals surface area contributed by atoms with Gasteiger partial charge in [0.15, 0.2) is 0 Å². The van der Waals surface area contributed by atoms with Gasteiger partial charge in [-0.2, -0.15) is 0 Å². The lowest BCUT2D eigenvalue weighted by molar-refractivity contribution is 0.475. The fraction of sp³-hybridized carbons (Fsp3) is 0.312. The van der Waals surface area contributed by atoms with Gasteiger partial charge >= 0.3 is 0 Å². The van der Waals surface area contributed by atoms with Crippen LogP contribution in [0.5, 0.6) is 11.5 Å². The minimum atomic E-state index is 0.770. The van der Waals surface area contributed by atoms with Crippen LogP contribution >= 0.6 is 15.9 Å². The van der Waals surface area contributed by atoms with E-state index in [0.717, 1.165) is 46.6 Å². The van der Waals surface area contributed by atoms with Gasteiger partial charge in [0.1, 0.15) is 11.5 Å². The maximum absolute atomic E-state index is 5.90. The van der Waals surface area contributed by atoms with Gasteiger partial charge < -0.3 is 10.1 Å². The number of aryl methyl sites for hydroxylation is 1. The number of aromatic nitrogens is 1. The van der Waals surface area contributed by atoms with Crippen LogP contribution in [-0.2, 0) is 6.54 Å². The van der Waals surface area contributed by atoms with Gasteiger partial charge in [-0.3, -0.25) is 4.98 Å². The molecule has 106 valence electrons. The van der Waals surface area contributed by atoms with E-state index >= 15 is 0 Å². The molecule has 0 bridgehead atoms. The highest BCUT2D eigenvalue weighted by Crippen LogP contribution is 2.27. The Morgan fingerprint density at radius 3 is 2.85 bits per heavy atom. The fourth-order valence-corrected chi connectivity index (χ4v) is 2.36. The third-order valence-electron chi connectivity index (χ3n) is 2.89. The van der Waals surface area contributed by atoms with Crippen LogP contribution in [0.15, 0.2) is 41.1 Å². The number of hydrogen-bond donors (Lipinski definition) is 1. The largest absolute Gasteiger partial charge is 0.455 e. The summed E-state index contributed by atoms with van der Waals surface area (Å²) in [5.74, 6) is 1.62. The lowest BCUT2D eigenvalue weighted by Crippen LogP contribution is -2.13. The molecule has 0 amide bonds. The first-order valence-electron chi connectivity index (χ1n) is 6.77. The zero-order valence-electron chi connectivity index (χ0n) is 11.8. The summed E-state index contributed by atoms with van der Waals surface area (Å²) in [6.07, 6.45) is 4.73. The summed E-state index contributed by atoms with van der Waals surface area (Å²) in [4.78, 5) is 4.23. The van der Waals surface area contributed by atoms with E-state index in [0.29, 0.717) is 0 Å². The summed E-state index contributed by atoms with van der Waals surface area (Å²) in [6.45, 7) is 6.01. The molecular formula is C16H19BrN2O. The highest BCUT2D eigenvalue weighted by molar-refractivity contribution is 9.10. The van der Waals surface area contributed by atoms with Gasteiger partial charge in [-0.15, -0.1) is 0 Å². The quantitative estimate of drug-likeness (QED) is 0.792. The smallest absolute Gasteiger partial charge is 0.146 e. The second-order valence-electron chi connectivity index (χ2n) is 4.72. The fourth-order valence-electron chi connectivity index (χ4n) is 1.88. The Morgan fingerprint density at radius 2 is 2.10 bits per heavy atom. The van der Waals surface area contributed by atoms with Crippen LogP contribution in [0.3, 0.4) is 0 Å². The van der Waals surface area contributed by atoms with E-state index in [9.17, 15) is 0 Å². The molecule has 20 heavy (non-hydrogen) atoms. The number of rotatable bonds is 6. The average molecular weight is 335 g/mol. The van der Waals surface area contributed by atoms with E-state index < -0.39 is 0 Å². The molecule has 0 atom stereocenters. The van der Waals surface area contributed by atoms with Crippen molar-refractivity contribution >= 4 is 15.9 Å². The molecule has 3 nitrogen and oxygen atoms in total. The van der Waals surface area contributed by atoms with Crippen molar-refractivity contribution in [2.45, 2.75) is 26.8 Å². The SMILES string of the molecule is CCCNCc1cncc(Oc2ccc(Br)cc2C)c1. The molecule has 0 unspecified atom stereocenters. The summed E-state index contributed by atoms with van der Waals surface area (Å²) >= 11 is 3.45. The van der Waals surface area contributed by atoms with Gasteiger partial charge in [0, 0.05) is 17.2 Å². The van der Waals surface area contributed by atoms with Gasteiger partial charge in [-0.1, -0.05) is 22.9 Å². The van der Waals surface area contributed by atoms with E-state index in [1.165, 1.54) is 0 Å². The summed E-state index contributed by atoms with van der Waals surface area (Å²) in [5, 5.41) is 3.36. The number of nitrogens with zero attached hydrogens (tertiary/aromatic N) is 1. The molecule has 0 saturated heterocycles. The summed E-state index contributed by atoms with van der Waals surface area (Å²) in [7, 11) is 0. The monoisotopic (exact) mass is 334 g/mol. The molecule has 0 aliphatic rings. The maximum atomic E-state index is 5.90. The van der Waals surface area contributed by atoms with Crippen LogP contribution in [0.1, 0.15) is 24.5 Å². The minimum Gasteiger partial charge on any atom is -0.455 e. The van der Waals surface area contributed by atoms with Crippen LogP contribution in [0.2, 0.25) is 0 Å². The molecule has 0 saturated carbocycles. The van der Waals surface area contributed by atoms with Crippen LogP contribution < -0.4 is 10.1 Å². The third kappa shape index (κ3) is 4.32. The van der Waals surface area contributed by atoms with Crippen LogP contribution in [0.25, 0.3) is 0 Å². The van der Waals surface area contributed by atoms with Crippen LogP contribution in [0.4, 0.5) is 0 Å². The van der Waals surface area contributed by atoms with E-state index in [1.807, 2.05) is 37.4 Å². The van der Waals surface area contributed by atoms with Gasteiger partial charge in [-0.05, 0) is 55.3 Å². The van der Waals surface area contributed by atoms with Crippen LogP contribution in [0, 0.1) is 6.92 Å². The predicted octanol–water partition coefficient (Wildman–Crippen LogP) is 4.44. The van der Waals surface area contributed by atoms with Crippen molar-refractivity contribution in [2.75, 3.05) is 6.54 Å². The van der Waals surface area contributed by atoms with Crippen LogP contribution in [-0.4, -0.2) is 11.5 Å². The molecule has 2 rings (SSSR count). The molecule has 0 radical (unpaired) electrons. The van der Waals surface area contributed by atoms with Crippen molar-refractivity contribution in [3.63, 3.8) is 0 Å². The van der Waals surface area contributed by atoms with Gasteiger partial charge in [-0.25, -0.2) is 0 Å². The first kappa shape index (κ1) is 15.0. The standard InChI is InChI=1S/C16H19BrN2O/c1-3-6-18-9-13-8-15(11-19-10-13)20-16-5-4-14(17)7-12(16)2/h4-5,7-8,10-11,18H,3,6,9H2,1-2H3. The maximum Gasteiger partial charge on any atom is 0.146 e. The van der Waals surface area contributed by atoms with Crippen molar-refractivity contribution in [3.05, 3.63) is 52.3 Å². The third-order valence-corrected chi connectivity index (χ3v) is 3.38. The molecule has 1 N–H and O–H groups in total. The summed E-state index contributed by atoms with van der Waals surface area (Å²) < 4.78 is 6.95. The van der Waals surface area contributed by atoms with E-state index in [-0.39, 0.29) is 0 Å². The molecule has 0 spiro atoms. The summed E-state index contributed by atoms with van der Waals surface area (Å²) in [5.41, 5.74) is 2.22. The number of hydrogen-bond acceptors (Lipinski definition) is 3. The number of nitrogens with one attached hydrogen (secondary N) is 1. The van der Waals surface area contributed by atoms with E-state index in [1.54, 1.807) is 6.20 Å². The lowest BCUT2D eigenvalue weighted by Gasteiger charge is -2.10. The molecule has 1 heterocycles. The van der Waals surface area contributed by atoms with Crippen molar-refractivity contribution in [2.24, 2.45) is 0 Å². The Kier molecular flexibility index (Phi) is 5.56. The molecule has 1 aromatic heterocycles. The Bertz CT molecular complexity index is 572. The zero-order chi connectivity index (χ0) is 14.4. The highest BCUT2D eigenvalue weighted by atomic mass is 79.9. The number of halogens is 1. The molecule has 4 heteroatoms. The Labute approximate surface area is 128 Å². The topological polar surface area (TPSA) is 34.2 Å². The Hall–Kier alpha value is -1.39. The first-order chi connectivity index (χ1) is 9.69. The normalized spacial score (nSPS) is 10.6. The molecule has 0 aliphatic carbocycles. The Morgan fingerprint density at radius 1 is 1.25 bits per heavy atom. The predicted molar refractivity (Wildman–Crippen MR) is 85.2 cm³/mol. The lowest BCUT2D eigenvalue weighted by atomic mass is 10.2. The summed E-state index contributed by atoms with van der Waals surface area (Å²) in [6, 6.07) is 8.00. The minimum absolute atomic E-state index is 0.770. The highest BCUT2D eigenvalue weighted by Gasteiger charge is 2.03. The average Bonchev–Trinajstić information content (AvgIpc) is 2.43.